The number of piperidine rings is 1. The smallest absolute Gasteiger partial charge is 0.223 e. The lowest BCUT2D eigenvalue weighted by Gasteiger charge is -2.31. The van der Waals surface area contributed by atoms with E-state index in [4.69, 9.17) is 9.26 Å². The molecule has 2 rings (SSSR count). The van der Waals surface area contributed by atoms with E-state index in [9.17, 15) is 8.42 Å². The van der Waals surface area contributed by atoms with Gasteiger partial charge in [-0.05, 0) is 19.3 Å². The maximum absolute atomic E-state index is 12.0. The zero-order valence-electron chi connectivity index (χ0n) is 11.9. The van der Waals surface area contributed by atoms with Crippen LogP contribution in [0.15, 0.2) is 4.52 Å². The monoisotopic (exact) mass is 303 g/mol. The molecule has 20 heavy (non-hydrogen) atoms. The molecule has 1 saturated heterocycles. The van der Waals surface area contributed by atoms with Gasteiger partial charge in [0.2, 0.25) is 15.9 Å². The molecular weight excluding hydrogens is 282 g/mol. The van der Waals surface area contributed by atoms with Crippen molar-refractivity contribution in [3.63, 3.8) is 0 Å². The van der Waals surface area contributed by atoms with Gasteiger partial charge in [0.05, 0.1) is 11.9 Å². The Hall–Kier alpha value is -0.990. The van der Waals surface area contributed by atoms with Gasteiger partial charge in [-0.25, -0.2) is 8.42 Å². The third-order valence-corrected chi connectivity index (χ3v) is 5.26. The highest BCUT2D eigenvalue weighted by Gasteiger charge is 2.28. The number of nitrogens with zero attached hydrogens (tertiary/aromatic N) is 3. The van der Waals surface area contributed by atoms with Crippen LogP contribution < -0.4 is 0 Å². The lowest BCUT2D eigenvalue weighted by atomic mass is 10.1. The number of aromatic nitrogens is 2. The molecule has 1 aliphatic heterocycles. The van der Waals surface area contributed by atoms with Crippen LogP contribution in [0.5, 0.6) is 0 Å². The average molecular weight is 303 g/mol. The number of aryl methyl sites for hydroxylation is 1. The largest absolute Gasteiger partial charge is 0.369 e. The Labute approximate surface area is 119 Å². The van der Waals surface area contributed by atoms with Crippen molar-refractivity contribution in [2.75, 3.05) is 18.8 Å². The molecule has 0 bridgehead atoms. The van der Waals surface area contributed by atoms with E-state index in [-0.39, 0.29) is 18.5 Å². The van der Waals surface area contributed by atoms with Crippen LogP contribution in [0.25, 0.3) is 0 Å². The molecule has 0 saturated carbocycles. The lowest BCUT2D eigenvalue weighted by molar-refractivity contribution is 0.00439. The van der Waals surface area contributed by atoms with Crippen LogP contribution in [-0.4, -0.2) is 47.8 Å². The van der Waals surface area contributed by atoms with Crippen molar-refractivity contribution in [2.45, 2.75) is 45.8 Å². The molecule has 1 aliphatic rings. The summed E-state index contributed by atoms with van der Waals surface area (Å²) in [6, 6.07) is 0. The SMILES string of the molecule is CCCS(=O)(=O)N1CCCC(OCc2noc(C)n2)C1. The van der Waals surface area contributed by atoms with E-state index in [1.54, 1.807) is 6.92 Å². The van der Waals surface area contributed by atoms with Gasteiger partial charge in [-0.1, -0.05) is 12.1 Å². The van der Waals surface area contributed by atoms with Crippen molar-refractivity contribution in [1.29, 1.82) is 0 Å². The standard InChI is InChI=1S/C12H21N3O4S/c1-3-7-20(16,17)15-6-4-5-11(8-15)18-9-12-13-10(2)19-14-12/h11H,3-9H2,1-2H3. The van der Waals surface area contributed by atoms with Crippen LogP contribution in [0.1, 0.15) is 37.9 Å². The molecule has 0 aliphatic carbocycles. The first-order valence-electron chi connectivity index (χ1n) is 6.90. The minimum Gasteiger partial charge on any atom is -0.369 e. The second-order valence-electron chi connectivity index (χ2n) is 4.98. The zero-order valence-corrected chi connectivity index (χ0v) is 12.7. The Morgan fingerprint density at radius 2 is 2.30 bits per heavy atom. The number of sulfonamides is 1. The number of hydrogen-bond donors (Lipinski definition) is 0. The molecule has 1 atom stereocenters. The Bertz CT molecular complexity index is 529. The molecule has 1 aromatic heterocycles. The minimum atomic E-state index is -3.14. The van der Waals surface area contributed by atoms with E-state index in [0.29, 0.717) is 31.2 Å². The van der Waals surface area contributed by atoms with E-state index < -0.39 is 10.0 Å². The summed E-state index contributed by atoms with van der Waals surface area (Å²) in [5, 5.41) is 3.75. The van der Waals surface area contributed by atoms with Gasteiger partial charge >= 0.3 is 0 Å². The first-order chi connectivity index (χ1) is 9.51. The van der Waals surface area contributed by atoms with Crippen LogP contribution >= 0.6 is 0 Å². The molecule has 114 valence electrons. The first kappa shape index (κ1) is 15.4. The third-order valence-electron chi connectivity index (χ3n) is 3.21. The summed E-state index contributed by atoms with van der Waals surface area (Å²) in [5.74, 6) is 1.19. The highest BCUT2D eigenvalue weighted by atomic mass is 32.2. The fourth-order valence-corrected chi connectivity index (χ4v) is 3.85. The molecule has 1 aromatic rings. The Morgan fingerprint density at radius 3 is 2.95 bits per heavy atom. The fourth-order valence-electron chi connectivity index (χ4n) is 2.27. The number of hydrogen-bond acceptors (Lipinski definition) is 6. The number of ether oxygens (including phenoxy) is 1. The van der Waals surface area contributed by atoms with Crippen LogP contribution in [0.2, 0.25) is 0 Å². The quantitative estimate of drug-likeness (QED) is 0.782. The Morgan fingerprint density at radius 1 is 1.50 bits per heavy atom. The predicted molar refractivity (Wildman–Crippen MR) is 72.5 cm³/mol. The van der Waals surface area contributed by atoms with Crippen molar-refractivity contribution in [3.8, 4) is 0 Å². The molecule has 0 N–H and O–H groups in total. The summed E-state index contributed by atoms with van der Waals surface area (Å²) in [7, 11) is -3.14. The summed E-state index contributed by atoms with van der Waals surface area (Å²) in [6.45, 7) is 4.84. The normalized spacial score (nSPS) is 21.2. The van der Waals surface area contributed by atoms with Crippen LogP contribution in [0.3, 0.4) is 0 Å². The maximum atomic E-state index is 12.0. The topological polar surface area (TPSA) is 85.5 Å². The van der Waals surface area contributed by atoms with Crippen molar-refractivity contribution in [3.05, 3.63) is 11.7 Å². The van der Waals surface area contributed by atoms with Gasteiger partial charge < -0.3 is 9.26 Å². The summed E-state index contributed by atoms with van der Waals surface area (Å²) in [4.78, 5) is 4.06. The van der Waals surface area contributed by atoms with Crippen LogP contribution in [0, 0.1) is 6.92 Å². The molecule has 0 radical (unpaired) electrons. The summed E-state index contributed by atoms with van der Waals surface area (Å²) in [6.07, 6.45) is 2.20. The Kier molecular flexibility index (Phi) is 5.11. The maximum Gasteiger partial charge on any atom is 0.223 e. The summed E-state index contributed by atoms with van der Waals surface area (Å²) >= 11 is 0. The first-order valence-corrected chi connectivity index (χ1v) is 8.51. The molecule has 1 fully saturated rings. The highest BCUT2D eigenvalue weighted by Crippen LogP contribution is 2.18. The molecule has 1 unspecified atom stereocenters. The number of rotatable bonds is 6. The molecule has 2 heterocycles. The van der Waals surface area contributed by atoms with E-state index in [0.717, 1.165) is 12.8 Å². The lowest BCUT2D eigenvalue weighted by Crippen LogP contribution is -2.44. The zero-order chi connectivity index (χ0) is 14.6. The van der Waals surface area contributed by atoms with Gasteiger partial charge in [0.15, 0.2) is 5.82 Å². The van der Waals surface area contributed by atoms with E-state index in [1.807, 2.05) is 6.92 Å². The molecule has 0 amide bonds. The Balaban J connectivity index is 1.87. The second-order valence-corrected chi connectivity index (χ2v) is 7.07. The second kappa shape index (κ2) is 6.64. The van der Waals surface area contributed by atoms with Gasteiger partial charge in [0.25, 0.3) is 0 Å². The van der Waals surface area contributed by atoms with E-state index in [1.165, 1.54) is 4.31 Å². The van der Waals surface area contributed by atoms with Gasteiger partial charge in [-0.3, -0.25) is 0 Å². The molecular formula is C12H21N3O4S. The molecule has 0 aromatic carbocycles. The van der Waals surface area contributed by atoms with E-state index in [2.05, 4.69) is 10.1 Å². The van der Waals surface area contributed by atoms with Crippen LogP contribution in [-0.2, 0) is 21.4 Å². The minimum absolute atomic E-state index is 0.103. The van der Waals surface area contributed by atoms with Crippen molar-refractivity contribution >= 4 is 10.0 Å². The average Bonchev–Trinajstić information content (AvgIpc) is 2.83. The summed E-state index contributed by atoms with van der Waals surface area (Å²) < 4.78 is 36.2. The third kappa shape index (κ3) is 4.00. The van der Waals surface area contributed by atoms with Gasteiger partial charge in [-0.2, -0.15) is 9.29 Å². The van der Waals surface area contributed by atoms with Crippen LogP contribution in [0.4, 0.5) is 0 Å². The molecule has 0 spiro atoms. The van der Waals surface area contributed by atoms with Gasteiger partial charge in [0, 0.05) is 20.0 Å². The van der Waals surface area contributed by atoms with Crippen molar-refractivity contribution in [1.82, 2.24) is 14.4 Å². The molecule has 8 heteroatoms. The fraction of sp³-hybridized carbons (Fsp3) is 0.833. The highest BCUT2D eigenvalue weighted by molar-refractivity contribution is 7.89. The van der Waals surface area contributed by atoms with E-state index >= 15 is 0 Å². The van der Waals surface area contributed by atoms with Crippen molar-refractivity contribution in [2.24, 2.45) is 0 Å². The predicted octanol–water partition coefficient (Wildman–Crippen LogP) is 1.10. The van der Waals surface area contributed by atoms with Gasteiger partial charge in [-0.15, -0.1) is 0 Å². The van der Waals surface area contributed by atoms with Crippen molar-refractivity contribution < 1.29 is 17.7 Å². The summed E-state index contributed by atoms with van der Waals surface area (Å²) in [5.41, 5.74) is 0. The van der Waals surface area contributed by atoms with Gasteiger partial charge in [0.1, 0.15) is 6.61 Å². The molecule has 7 nitrogen and oxygen atoms in total.